The number of hydrogen-bond donors (Lipinski definition) is 0. The van der Waals surface area contributed by atoms with E-state index >= 15 is 0 Å². The van der Waals surface area contributed by atoms with Gasteiger partial charge in [0.25, 0.3) is 0 Å². The van der Waals surface area contributed by atoms with Crippen LogP contribution >= 0.6 is 0 Å². The second-order valence-corrected chi connectivity index (χ2v) is 12.8. The fourth-order valence-corrected chi connectivity index (χ4v) is 7.49. The summed E-state index contributed by atoms with van der Waals surface area (Å²) in [6, 6.07) is 10.7. The second kappa shape index (κ2) is 10.7. The van der Waals surface area contributed by atoms with Crippen molar-refractivity contribution in [2.45, 2.75) is 57.3 Å². The van der Waals surface area contributed by atoms with Crippen LogP contribution in [-0.2, 0) is 14.8 Å². The number of piperidine rings is 1. The number of ketones is 1. The van der Waals surface area contributed by atoms with Crippen LogP contribution in [0.2, 0.25) is 0 Å². The molecule has 0 unspecified atom stereocenters. The zero-order valence-corrected chi connectivity index (χ0v) is 23.0. The Labute approximate surface area is 225 Å². The van der Waals surface area contributed by atoms with Crippen molar-refractivity contribution in [1.82, 2.24) is 9.21 Å². The number of hydrogen-bond acceptors (Lipinski definition) is 6. The van der Waals surface area contributed by atoms with Gasteiger partial charge in [0.1, 0.15) is 0 Å². The summed E-state index contributed by atoms with van der Waals surface area (Å²) in [6.45, 7) is 7.07. The van der Waals surface area contributed by atoms with Gasteiger partial charge < -0.3 is 14.4 Å². The van der Waals surface area contributed by atoms with E-state index < -0.39 is 10.0 Å². The molecule has 0 atom stereocenters. The minimum absolute atomic E-state index is 0.0185. The topological polar surface area (TPSA) is 93.2 Å². The fourth-order valence-electron chi connectivity index (χ4n) is 5.74. The average Bonchev–Trinajstić information content (AvgIpc) is 3.17. The minimum atomic E-state index is -3.55. The highest BCUT2D eigenvalue weighted by molar-refractivity contribution is 7.89. The van der Waals surface area contributed by atoms with Crippen molar-refractivity contribution in [2.75, 3.05) is 39.4 Å². The van der Waals surface area contributed by atoms with E-state index in [4.69, 9.17) is 9.47 Å². The maximum absolute atomic E-state index is 13.3. The molecular weight excluding hydrogens is 504 g/mol. The monoisotopic (exact) mass is 540 g/mol. The number of Topliss-reactive ketones (excluding diaryl/α,β-unsaturated/α-hetero) is 1. The largest absolute Gasteiger partial charge is 0.490 e. The number of rotatable bonds is 6. The van der Waals surface area contributed by atoms with Gasteiger partial charge in [-0.3, -0.25) is 9.59 Å². The normalized spacial score (nSPS) is 19.4. The lowest BCUT2D eigenvalue weighted by Crippen LogP contribution is -2.44. The number of sulfonamides is 1. The Balaban J connectivity index is 1.14. The van der Waals surface area contributed by atoms with Gasteiger partial charge in [-0.2, -0.15) is 4.31 Å². The number of likely N-dealkylation sites (tertiary alicyclic amines) is 1. The Bertz CT molecular complexity index is 1330. The van der Waals surface area contributed by atoms with E-state index in [-0.39, 0.29) is 29.9 Å². The number of benzene rings is 2. The predicted octanol–water partition coefficient (Wildman–Crippen LogP) is 4.13. The first kappa shape index (κ1) is 26.7. The molecule has 0 aromatic heterocycles. The number of ether oxygens (including phenoxy) is 2. The molecule has 9 heteroatoms. The third-order valence-electron chi connectivity index (χ3n) is 8.17. The maximum Gasteiger partial charge on any atom is 0.243 e. The summed E-state index contributed by atoms with van der Waals surface area (Å²) in [5, 5.41) is 0. The Morgan fingerprint density at radius 1 is 0.895 bits per heavy atom. The molecule has 3 aliphatic rings. The van der Waals surface area contributed by atoms with E-state index in [1.165, 1.54) is 0 Å². The Morgan fingerprint density at radius 3 is 2.37 bits per heavy atom. The standard InChI is InChI=1S/C29H36N2O6S/c1-21-4-5-22(2)27(18-21)38(34,35)31-14-11-29(12-15-31)10-13-30(20-29)28(33)9-7-24(32)23-6-8-25-26(19-23)37-17-3-16-36-25/h4-6,8,18-19H,3,7,9-17,20H2,1-2H3. The smallest absolute Gasteiger partial charge is 0.243 e. The first-order chi connectivity index (χ1) is 18.2. The molecule has 2 aromatic carbocycles. The number of carbonyl (C=O) groups excluding carboxylic acids is 2. The lowest BCUT2D eigenvalue weighted by atomic mass is 9.78. The second-order valence-electron chi connectivity index (χ2n) is 10.9. The molecule has 0 N–H and O–H groups in total. The van der Waals surface area contributed by atoms with Crippen LogP contribution in [0.4, 0.5) is 0 Å². The van der Waals surface area contributed by atoms with E-state index in [0.29, 0.717) is 61.4 Å². The van der Waals surface area contributed by atoms with Crippen molar-refractivity contribution >= 4 is 21.7 Å². The van der Waals surface area contributed by atoms with Gasteiger partial charge >= 0.3 is 0 Å². The van der Waals surface area contributed by atoms with Gasteiger partial charge in [0, 0.05) is 51.0 Å². The average molecular weight is 541 g/mol. The van der Waals surface area contributed by atoms with E-state index in [0.717, 1.165) is 36.8 Å². The summed E-state index contributed by atoms with van der Waals surface area (Å²) < 4.78 is 39.5. The van der Waals surface area contributed by atoms with Crippen molar-refractivity contribution in [1.29, 1.82) is 0 Å². The summed E-state index contributed by atoms with van der Waals surface area (Å²) in [5.41, 5.74) is 2.16. The quantitative estimate of drug-likeness (QED) is 0.512. The van der Waals surface area contributed by atoms with Crippen LogP contribution in [0.25, 0.3) is 0 Å². The molecule has 38 heavy (non-hydrogen) atoms. The molecule has 1 spiro atoms. The van der Waals surface area contributed by atoms with Gasteiger partial charge in [-0.05, 0) is 73.9 Å². The van der Waals surface area contributed by atoms with Crippen LogP contribution < -0.4 is 9.47 Å². The first-order valence-electron chi connectivity index (χ1n) is 13.4. The summed E-state index contributed by atoms with van der Waals surface area (Å²) in [5.74, 6) is 1.11. The van der Waals surface area contributed by atoms with E-state index in [2.05, 4.69) is 0 Å². The van der Waals surface area contributed by atoms with E-state index in [1.54, 1.807) is 28.6 Å². The molecular formula is C29H36N2O6S. The minimum Gasteiger partial charge on any atom is -0.490 e. The highest BCUT2D eigenvalue weighted by atomic mass is 32.2. The third-order valence-corrected chi connectivity index (χ3v) is 10.2. The SMILES string of the molecule is Cc1ccc(C)c(S(=O)(=O)N2CCC3(CCN(C(=O)CCC(=O)c4ccc5c(c4)OCCCO5)C3)CC2)c1. The van der Waals surface area contributed by atoms with E-state index in [9.17, 15) is 18.0 Å². The van der Waals surface area contributed by atoms with Crippen molar-refractivity contribution in [3.8, 4) is 11.5 Å². The van der Waals surface area contributed by atoms with Crippen LogP contribution in [0.1, 0.15) is 60.0 Å². The van der Waals surface area contributed by atoms with Crippen LogP contribution in [0, 0.1) is 19.3 Å². The van der Waals surface area contributed by atoms with Gasteiger partial charge in [0.05, 0.1) is 18.1 Å². The Kier molecular flexibility index (Phi) is 7.51. The molecule has 204 valence electrons. The molecule has 0 aliphatic carbocycles. The first-order valence-corrected chi connectivity index (χ1v) is 14.9. The number of carbonyl (C=O) groups is 2. The summed E-state index contributed by atoms with van der Waals surface area (Å²) >= 11 is 0. The molecule has 8 nitrogen and oxygen atoms in total. The Hall–Kier alpha value is -2.91. The summed E-state index contributed by atoms with van der Waals surface area (Å²) in [6.07, 6.45) is 3.44. The molecule has 0 radical (unpaired) electrons. The van der Waals surface area contributed by atoms with Gasteiger partial charge in [-0.15, -0.1) is 0 Å². The van der Waals surface area contributed by atoms with Crippen molar-refractivity contribution < 1.29 is 27.5 Å². The van der Waals surface area contributed by atoms with Crippen molar-refractivity contribution in [2.24, 2.45) is 5.41 Å². The van der Waals surface area contributed by atoms with Gasteiger partial charge in [-0.25, -0.2) is 8.42 Å². The van der Waals surface area contributed by atoms with Crippen molar-refractivity contribution in [3.05, 3.63) is 53.1 Å². The molecule has 3 heterocycles. The highest BCUT2D eigenvalue weighted by Crippen LogP contribution is 2.42. The molecule has 2 fully saturated rings. The number of fused-ring (bicyclic) bond motifs is 1. The van der Waals surface area contributed by atoms with Gasteiger partial charge in [-0.1, -0.05) is 12.1 Å². The number of amides is 1. The van der Waals surface area contributed by atoms with E-state index in [1.807, 2.05) is 30.9 Å². The summed E-state index contributed by atoms with van der Waals surface area (Å²) in [7, 11) is -3.55. The highest BCUT2D eigenvalue weighted by Gasteiger charge is 2.44. The molecule has 1 amide bonds. The van der Waals surface area contributed by atoms with Crippen LogP contribution in [0.5, 0.6) is 11.5 Å². The molecule has 5 rings (SSSR count). The van der Waals surface area contributed by atoms with Crippen LogP contribution in [0.3, 0.4) is 0 Å². The van der Waals surface area contributed by atoms with Crippen LogP contribution in [-0.4, -0.2) is 68.7 Å². The summed E-state index contributed by atoms with van der Waals surface area (Å²) in [4.78, 5) is 28.0. The van der Waals surface area contributed by atoms with Gasteiger partial charge in [0.15, 0.2) is 17.3 Å². The van der Waals surface area contributed by atoms with Gasteiger partial charge in [0.2, 0.25) is 15.9 Å². The lowest BCUT2D eigenvalue weighted by Gasteiger charge is -2.38. The molecule has 0 saturated carbocycles. The fraction of sp³-hybridized carbons (Fsp3) is 0.517. The van der Waals surface area contributed by atoms with Crippen molar-refractivity contribution in [3.63, 3.8) is 0 Å². The third kappa shape index (κ3) is 5.45. The number of aryl methyl sites for hydroxylation is 2. The molecule has 3 aliphatic heterocycles. The predicted molar refractivity (Wildman–Crippen MR) is 143 cm³/mol. The number of nitrogens with zero attached hydrogens (tertiary/aromatic N) is 2. The molecule has 2 aromatic rings. The van der Waals surface area contributed by atoms with Crippen LogP contribution in [0.15, 0.2) is 41.3 Å². The zero-order chi connectivity index (χ0) is 26.9. The molecule has 2 saturated heterocycles. The zero-order valence-electron chi connectivity index (χ0n) is 22.2. The lowest BCUT2D eigenvalue weighted by molar-refractivity contribution is -0.130. The maximum atomic E-state index is 13.3. The Morgan fingerprint density at radius 2 is 1.61 bits per heavy atom. The molecule has 0 bridgehead atoms.